The SMILES string of the molecule is Cc1nc(NC2CCCN(C)C2)nnc1Br. The van der Waals surface area contributed by atoms with Crippen molar-refractivity contribution in [3.63, 3.8) is 0 Å². The summed E-state index contributed by atoms with van der Waals surface area (Å²) >= 11 is 3.29. The minimum Gasteiger partial charge on any atom is -0.349 e. The van der Waals surface area contributed by atoms with E-state index >= 15 is 0 Å². The fraction of sp³-hybridized carbons (Fsp3) is 0.700. The molecule has 0 spiro atoms. The Morgan fingerprint density at radius 1 is 1.44 bits per heavy atom. The van der Waals surface area contributed by atoms with Crippen LogP contribution >= 0.6 is 15.9 Å². The molecule has 1 N–H and O–H groups in total. The lowest BCUT2D eigenvalue weighted by atomic mass is 10.1. The predicted octanol–water partition coefficient (Wildman–Crippen LogP) is 1.45. The van der Waals surface area contributed by atoms with E-state index in [1.165, 1.54) is 19.4 Å². The first-order valence-corrected chi connectivity index (χ1v) is 6.26. The minimum atomic E-state index is 0.432. The summed E-state index contributed by atoms with van der Waals surface area (Å²) in [5, 5.41) is 11.3. The Morgan fingerprint density at radius 2 is 2.25 bits per heavy atom. The van der Waals surface area contributed by atoms with E-state index in [0.717, 1.165) is 12.2 Å². The van der Waals surface area contributed by atoms with Gasteiger partial charge in [0.15, 0.2) is 0 Å². The smallest absolute Gasteiger partial charge is 0.243 e. The van der Waals surface area contributed by atoms with Crippen molar-refractivity contribution < 1.29 is 0 Å². The highest BCUT2D eigenvalue weighted by Gasteiger charge is 2.17. The van der Waals surface area contributed by atoms with E-state index in [1.54, 1.807) is 0 Å². The molecule has 1 atom stereocenters. The third-order valence-electron chi connectivity index (χ3n) is 2.76. The van der Waals surface area contributed by atoms with E-state index in [2.05, 4.69) is 48.4 Å². The van der Waals surface area contributed by atoms with Gasteiger partial charge in [-0.15, -0.1) is 10.2 Å². The van der Waals surface area contributed by atoms with Gasteiger partial charge >= 0.3 is 0 Å². The van der Waals surface area contributed by atoms with Crippen molar-refractivity contribution in [2.75, 3.05) is 25.5 Å². The summed E-state index contributed by atoms with van der Waals surface area (Å²) in [6.45, 7) is 4.13. The van der Waals surface area contributed by atoms with E-state index in [4.69, 9.17) is 0 Å². The fourth-order valence-corrected chi connectivity index (χ4v) is 2.09. The average Bonchev–Trinajstić information content (AvgIpc) is 2.24. The molecule has 1 aromatic heterocycles. The molecule has 1 aliphatic heterocycles. The summed E-state index contributed by atoms with van der Waals surface area (Å²) in [5.74, 6) is 0.626. The average molecular weight is 286 g/mol. The number of rotatable bonds is 2. The molecule has 1 saturated heterocycles. The molecule has 1 aromatic rings. The van der Waals surface area contributed by atoms with Crippen LogP contribution in [0.1, 0.15) is 18.5 Å². The molecule has 0 aliphatic carbocycles. The van der Waals surface area contributed by atoms with Crippen molar-refractivity contribution in [3.8, 4) is 0 Å². The lowest BCUT2D eigenvalue weighted by Crippen LogP contribution is -2.40. The first-order chi connectivity index (χ1) is 7.65. The number of hydrogen-bond acceptors (Lipinski definition) is 5. The van der Waals surface area contributed by atoms with Crippen LogP contribution in [0, 0.1) is 6.92 Å². The van der Waals surface area contributed by atoms with Crippen molar-refractivity contribution >= 4 is 21.9 Å². The Bertz CT molecular complexity index is 370. The number of nitrogens with one attached hydrogen (secondary N) is 1. The predicted molar refractivity (Wildman–Crippen MR) is 66.4 cm³/mol. The van der Waals surface area contributed by atoms with Crippen LogP contribution in [0.5, 0.6) is 0 Å². The number of anilines is 1. The monoisotopic (exact) mass is 285 g/mol. The summed E-state index contributed by atoms with van der Waals surface area (Å²) in [7, 11) is 2.14. The highest BCUT2D eigenvalue weighted by molar-refractivity contribution is 9.10. The van der Waals surface area contributed by atoms with E-state index in [-0.39, 0.29) is 0 Å². The molecule has 5 nitrogen and oxygen atoms in total. The maximum absolute atomic E-state index is 4.34. The van der Waals surface area contributed by atoms with E-state index in [9.17, 15) is 0 Å². The molecule has 1 unspecified atom stereocenters. The molecule has 1 aliphatic rings. The van der Waals surface area contributed by atoms with Crippen LogP contribution in [-0.2, 0) is 0 Å². The van der Waals surface area contributed by atoms with Crippen molar-refractivity contribution in [1.29, 1.82) is 0 Å². The van der Waals surface area contributed by atoms with Crippen LogP contribution in [0.2, 0.25) is 0 Å². The van der Waals surface area contributed by atoms with Gasteiger partial charge in [-0.3, -0.25) is 0 Å². The molecular weight excluding hydrogens is 270 g/mol. The molecule has 0 bridgehead atoms. The highest BCUT2D eigenvalue weighted by atomic mass is 79.9. The van der Waals surface area contributed by atoms with Crippen molar-refractivity contribution in [2.45, 2.75) is 25.8 Å². The van der Waals surface area contributed by atoms with Gasteiger partial charge in [0.05, 0.1) is 5.69 Å². The van der Waals surface area contributed by atoms with Crippen LogP contribution in [0.15, 0.2) is 4.60 Å². The van der Waals surface area contributed by atoms with E-state index < -0.39 is 0 Å². The number of nitrogens with zero attached hydrogens (tertiary/aromatic N) is 4. The Morgan fingerprint density at radius 3 is 2.94 bits per heavy atom. The first-order valence-electron chi connectivity index (χ1n) is 5.47. The number of piperidine rings is 1. The number of hydrogen-bond donors (Lipinski definition) is 1. The standard InChI is InChI=1S/C10H16BrN5/c1-7-9(11)14-15-10(12-7)13-8-4-3-5-16(2)6-8/h8H,3-6H2,1-2H3,(H,12,13,15). The molecule has 6 heteroatoms. The minimum absolute atomic E-state index is 0.432. The highest BCUT2D eigenvalue weighted by Crippen LogP contribution is 2.14. The second-order valence-electron chi connectivity index (χ2n) is 4.26. The van der Waals surface area contributed by atoms with Gasteiger partial charge in [-0.2, -0.15) is 0 Å². The van der Waals surface area contributed by atoms with E-state index in [1.807, 2.05) is 6.92 Å². The maximum Gasteiger partial charge on any atom is 0.243 e. The third kappa shape index (κ3) is 2.89. The largest absolute Gasteiger partial charge is 0.349 e. The number of likely N-dealkylation sites (N-methyl/N-ethyl adjacent to an activating group) is 1. The molecule has 1 fully saturated rings. The van der Waals surface area contributed by atoms with Gasteiger partial charge in [-0.05, 0) is 49.3 Å². The molecule has 0 saturated carbocycles. The third-order valence-corrected chi connectivity index (χ3v) is 3.49. The van der Waals surface area contributed by atoms with Crippen LogP contribution in [-0.4, -0.2) is 46.3 Å². The lowest BCUT2D eigenvalue weighted by molar-refractivity contribution is 0.260. The Hall–Kier alpha value is -0.750. The van der Waals surface area contributed by atoms with Crippen LogP contribution in [0.4, 0.5) is 5.95 Å². The second-order valence-corrected chi connectivity index (χ2v) is 5.01. The summed E-state index contributed by atoms with van der Waals surface area (Å²) in [4.78, 5) is 6.66. The summed E-state index contributed by atoms with van der Waals surface area (Å²) in [6, 6.07) is 0.432. The molecule has 0 aromatic carbocycles. The number of aryl methyl sites for hydroxylation is 1. The Kier molecular flexibility index (Phi) is 3.70. The molecule has 2 heterocycles. The van der Waals surface area contributed by atoms with Crippen molar-refractivity contribution in [2.24, 2.45) is 0 Å². The molecule has 88 valence electrons. The number of likely N-dealkylation sites (tertiary alicyclic amines) is 1. The lowest BCUT2D eigenvalue weighted by Gasteiger charge is -2.30. The van der Waals surface area contributed by atoms with Gasteiger partial charge in [0, 0.05) is 12.6 Å². The zero-order valence-electron chi connectivity index (χ0n) is 9.57. The second kappa shape index (κ2) is 5.05. The normalized spacial score (nSPS) is 22.1. The first kappa shape index (κ1) is 11.7. The Balaban J connectivity index is 2.00. The zero-order chi connectivity index (χ0) is 11.5. The van der Waals surface area contributed by atoms with Crippen molar-refractivity contribution in [1.82, 2.24) is 20.1 Å². The van der Waals surface area contributed by atoms with Gasteiger partial charge in [0.1, 0.15) is 4.60 Å². The molecule has 0 amide bonds. The summed E-state index contributed by atoms with van der Waals surface area (Å²) in [6.07, 6.45) is 2.39. The molecule has 2 rings (SSSR count). The van der Waals surface area contributed by atoms with Gasteiger partial charge in [-0.25, -0.2) is 4.98 Å². The molecule has 16 heavy (non-hydrogen) atoms. The zero-order valence-corrected chi connectivity index (χ0v) is 11.2. The van der Waals surface area contributed by atoms with Crippen LogP contribution in [0.3, 0.4) is 0 Å². The van der Waals surface area contributed by atoms with Crippen LogP contribution < -0.4 is 5.32 Å². The number of halogens is 1. The van der Waals surface area contributed by atoms with Gasteiger partial charge in [0.2, 0.25) is 5.95 Å². The summed E-state index contributed by atoms with van der Waals surface area (Å²) < 4.78 is 0.707. The molecular formula is C10H16BrN5. The quantitative estimate of drug-likeness (QED) is 0.891. The maximum atomic E-state index is 4.34. The van der Waals surface area contributed by atoms with Crippen LogP contribution in [0.25, 0.3) is 0 Å². The topological polar surface area (TPSA) is 53.9 Å². The van der Waals surface area contributed by atoms with Gasteiger partial charge < -0.3 is 10.2 Å². The number of aromatic nitrogens is 3. The fourth-order valence-electron chi connectivity index (χ4n) is 1.92. The summed E-state index contributed by atoms with van der Waals surface area (Å²) in [5.41, 5.74) is 0.863. The van der Waals surface area contributed by atoms with Gasteiger partial charge in [0.25, 0.3) is 0 Å². The van der Waals surface area contributed by atoms with E-state index in [0.29, 0.717) is 16.6 Å². The van der Waals surface area contributed by atoms with Crippen molar-refractivity contribution in [3.05, 3.63) is 10.3 Å². The van der Waals surface area contributed by atoms with Gasteiger partial charge in [-0.1, -0.05) is 0 Å². The molecule has 0 radical (unpaired) electrons. The Labute approximate surface area is 104 Å².